The fourth-order valence-electron chi connectivity index (χ4n) is 2.25. The molecule has 1 aromatic carbocycles. The van der Waals surface area contributed by atoms with Crippen LogP contribution in [0.4, 0.5) is 0 Å². The number of carbonyl (C=O) groups excluding carboxylic acids is 1. The quantitative estimate of drug-likeness (QED) is 0.639. The Labute approximate surface area is 143 Å². The fraction of sp³-hybridized carbons (Fsp3) is 0.176. The molecule has 24 heavy (non-hydrogen) atoms. The third-order valence-corrected chi connectivity index (χ3v) is 4.52. The Bertz CT molecular complexity index is 832. The van der Waals surface area contributed by atoms with Crippen LogP contribution in [0.2, 0.25) is 0 Å². The smallest absolute Gasteiger partial charge is 0.191 e. The van der Waals surface area contributed by atoms with Crippen molar-refractivity contribution in [2.24, 2.45) is 0 Å². The van der Waals surface area contributed by atoms with Crippen LogP contribution in [-0.4, -0.2) is 25.7 Å². The minimum atomic E-state index is -1.17. The number of carboxylic acid groups (broad SMARTS) is 1. The molecule has 3 aromatic rings. The number of thioether (sulfide) groups is 1. The standard InChI is InChI=1S/C17H16N4O2S/c1-2-21-15(14-5-3-4-10-18-14)19-20-17(21)24-11-12-6-8-13(9-7-12)16(22)23/h3-10H,2,11H2,1H3,(H,22,23)/p-1. The van der Waals surface area contributed by atoms with Crippen molar-refractivity contribution < 1.29 is 9.90 Å². The molecule has 6 nitrogen and oxygen atoms in total. The van der Waals surface area contributed by atoms with Crippen molar-refractivity contribution in [2.45, 2.75) is 24.4 Å². The lowest BCUT2D eigenvalue weighted by atomic mass is 10.1. The summed E-state index contributed by atoms with van der Waals surface area (Å²) >= 11 is 1.55. The predicted octanol–water partition coefficient (Wildman–Crippen LogP) is 2.02. The largest absolute Gasteiger partial charge is 0.545 e. The van der Waals surface area contributed by atoms with Gasteiger partial charge in [-0.15, -0.1) is 10.2 Å². The summed E-state index contributed by atoms with van der Waals surface area (Å²) in [4.78, 5) is 15.1. The second kappa shape index (κ2) is 7.27. The minimum Gasteiger partial charge on any atom is -0.545 e. The number of carbonyl (C=O) groups is 1. The van der Waals surface area contributed by atoms with Gasteiger partial charge in [0.15, 0.2) is 11.0 Å². The molecule has 122 valence electrons. The predicted molar refractivity (Wildman–Crippen MR) is 89.3 cm³/mol. The van der Waals surface area contributed by atoms with Gasteiger partial charge in [-0.2, -0.15) is 0 Å². The van der Waals surface area contributed by atoms with Gasteiger partial charge in [0, 0.05) is 18.5 Å². The molecule has 0 unspecified atom stereocenters. The van der Waals surface area contributed by atoms with Crippen LogP contribution in [0.3, 0.4) is 0 Å². The molecule has 0 saturated heterocycles. The maximum atomic E-state index is 10.8. The van der Waals surface area contributed by atoms with E-state index in [0.717, 1.165) is 28.8 Å². The number of hydrogen-bond acceptors (Lipinski definition) is 6. The third kappa shape index (κ3) is 3.46. The lowest BCUT2D eigenvalue weighted by Gasteiger charge is -2.07. The van der Waals surface area contributed by atoms with Crippen molar-refractivity contribution in [1.82, 2.24) is 19.7 Å². The number of aromatic carboxylic acids is 1. The number of aromatic nitrogens is 4. The van der Waals surface area contributed by atoms with E-state index in [1.807, 2.05) is 29.7 Å². The molecule has 0 radical (unpaired) electrons. The van der Waals surface area contributed by atoms with Crippen molar-refractivity contribution >= 4 is 17.7 Å². The van der Waals surface area contributed by atoms with Crippen LogP contribution in [0, 0.1) is 0 Å². The first kappa shape index (κ1) is 16.2. The van der Waals surface area contributed by atoms with E-state index in [9.17, 15) is 9.90 Å². The number of hydrogen-bond donors (Lipinski definition) is 0. The lowest BCUT2D eigenvalue weighted by Crippen LogP contribution is -2.21. The number of pyridine rings is 1. The highest BCUT2D eigenvalue weighted by atomic mass is 32.2. The van der Waals surface area contributed by atoms with Gasteiger partial charge in [0.05, 0.1) is 5.97 Å². The Balaban J connectivity index is 1.76. The zero-order chi connectivity index (χ0) is 16.9. The highest BCUT2D eigenvalue weighted by molar-refractivity contribution is 7.98. The van der Waals surface area contributed by atoms with Gasteiger partial charge in [0.1, 0.15) is 5.69 Å². The summed E-state index contributed by atoms with van der Waals surface area (Å²) in [6.07, 6.45) is 1.73. The molecule has 0 aliphatic rings. The Morgan fingerprint density at radius 3 is 2.58 bits per heavy atom. The Kier molecular flexibility index (Phi) is 4.90. The monoisotopic (exact) mass is 339 g/mol. The highest BCUT2D eigenvalue weighted by Gasteiger charge is 2.13. The zero-order valence-electron chi connectivity index (χ0n) is 13.0. The summed E-state index contributed by atoms with van der Waals surface area (Å²) in [5.41, 5.74) is 1.98. The summed E-state index contributed by atoms with van der Waals surface area (Å²) in [7, 11) is 0. The summed E-state index contributed by atoms with van der Waals surface area (Å²) in [5.74, 6) is 0.251. The number of carboxylic acids is 1. The van der Waals surface area contributed by atoms with Crippen molar-refractivity contribution in [2.75, 3.05) is 0 Å². The molecule has 0 saturated carbocycles. The molecular weight excluding hydrogens is 324 g/mol. The van der Waals surface area contributed by atoms with Gasteiger partial charge >= 0.3 is 0 Å². The van der Waals surface area contributed by atoms with Gasteiger partial charge in [0.25, 0.3) is 0 Å². The van der Waals surface area contributed by atoms with Gasteiger partial charge in [-0.25, -0.2) is 0 Å². The normalized spacial score (nSPS) is 10.7. The summed E-state index contributed by atoms with van der Waals surface area (Å²) in [5, 5.41) is 20.1. The van der Waals surface area contributed by atoms with Crippen LogP contribution in [0.1, 0.15) is 22.8 Å². The molecule has 0 aliphatic heterocycles. The van der Waals surface area contributed by atoms with Crippen molar-refractivity contribution in [3.8, 4) is 11.5 Å². The van der Waals surface area contributed by atoms with Crippen LogP contribution in [0.25, 0.3) is 11.5 Å². The minimum absolute atomic E-state index is 0.179. The molecule has 2 heterocycles. The molecule has 0 amide bonds. The highest BCUT2D eigenvalue weighted by Crippen LogP contribution is 2.25. The second-order valence-electron chi connectivity index (χ2n) is 5.04. The van der Waals surface area contributed by atoms with Crippen LogP contribution < -0.4 is 5.11 Å². The molecule has 0 bridgehead atoms. The van der Waals surface area contributed by atoms with Crippen molar-refractivity contribution in [3.05, 3.63) is 59.8 Å². The SMILES string of the molecule is CCn1c(SCc2ccc(C(=O)[O-])cc2)nnc1-c1ccccn1. The average Bonchev–Trinajstić information content (AvgIpc) is 3.04. The van der Waals surface area contributed by atoms with Crippen molar-refractivity contribution in [3.63, 3.8) is 0 Å². The molecule has 7 heteroatoms. The molecule has 0 aliphatic carbocycles. The van der Waals surface area contributed by atoms with Gasteiger partial charge < -0.3 is 14.5 Å². The average molecular weight is 339 g/mol. The van der Waals surface area contributed by atoms with E-state index in [2.05, 4.69) is 15.2 Å². The van der Waals surface area contributed by atoms with Gasteiger partial charge in [-0.3, -0.25) is 4.98 Å². The zero-order valence-corrected chi connectivity index (χ0v) is 13.9. The first-order chi connectivity index (χ1) is 11.7. The number of nitrogens with zero attached hydrogens (tertiary/aromatic N) is 4. The molecule has 3 rings (SSSR count). The van der Waals surface area contributed by atoms with E-state index in [1.54, 1.807) is 42.2 Å². The Morgan fingerprint density at radius 2 is 1.96 bits per heavy atom. The number of rotatable bonds is 6. The van der Waals surface area contributed by atoms with E-state index >= 15 is 0 Å². The van der Waals surface area contributed by atoms with E-state index in [0.29, 0.717) is 5.75 Å². The van der Waals surface area contributed by atoms with Crippen LogP contribution >= 0.6 is 11.8 Å². The van der Waals surface area contributed by atoms with Gasteiger partial charge in [-0.1, -0.05) is 42.1 Å². The first-order valence-electron chi connectivity index (χ1n) is 7.46. The Morgan fingerprint density at radius 1 is 1.17 bits per heavy atom. The van der Waals surface area contributed by atoms with Crippen LogP contribution in [-0.2, 0) is 12.3 Å². The van der Waals surface area contributed by atoms with E-state index in [4.69, 9.17) is 0 Å². The van der Waals surface area contributed by atoms with Gasteiger partial charge in [0.2, 0.25) is 0 Å². The lowest BCUT2D eigenvalue weighted by molar-refractivity contribution is -0.255. The molecule has 0 atom stereocenters. The molecule has 2 aromatic heterocycles. The second-order valence-corrected chi connectivity index (χ2v) is 5.98. The van der Waals surface area contributed by atoms with E-state index in [-0.39, 0.29) is 5.56 Å². The maximum Gasteiger partial charge on any atom is 0.191 e. The maximum absolute atomic E-state index is 10.8. The summed E-state index contributed by atoms with van der Waals surface area (Å²) < 4.78 is 2.02. The van der Waals surface area contributed by atoms with Crippen LogP contribution in [0.15, 0.2) is 53.8 Å². The summed E-state index contributed by atoms with van der Waals surface area (Å²) in [6.45, 7) is 2.78. The van der Waals surface area contributed by atoms with Gasteiger partial charge in [-0.05, 0) is 30.2 Å². The van der Waals surface area contributed by atoms with E-state index in [1.165, 1.54) is 0 Å². The third-order valence-electron chi connectivity index (χ3n) is 3.48. The molecule has 0 fully saturated rings. The number of benzene rings is 1. The van der Waals surface area contributed by atoms with E-state index < -0.39 is 5.97 Å². The van der Waals surface area contributed by atoms with Crippen molar-refractivity contribution in [1.29, 1.82) is 0 Å². The molecular formula is C17H15N4O2S-. The first-order valence-corrected chi connectivity index (χ1v) is 8.45. The van der Waals surface area contributed by atoms with Crippen LogP contribution in [0.5, 0.6) is 0 Å². The summed E-state index contributed by atoms with van der Waals surface area (Å²) in [6, 6.07) is 12.4. The molecule has 0 spiro atoms. The topological polar surface area (TPSA) is 83.7 Å². The molecule has 0 N–H and O–H groups in total. The Hall–Kier alpha value is -2.67. The fourth-order valence-corrected chi connectivity index (χ4v) is 3.21.